The molecule has 8 nitrogen and oxygen atoms in total. The molecule has 0 aliphatic carbocycles. The number of nitrogens with one attached hydrogen (secondary N) is 1. The first kappa shape index (κ1) is 18.3. The van der Waals surface area contributed by atoms with E-state index in [-0.39, 0.29) is 11.7 Å². The average Bonchev–Trinajstić information content (AvgIpc) is 3.06. The van der Waals surface area contributed by atoms with Gasteiger partial charge in [-0.2, -0.15) is 5.26 Å². The van der Waals surface area contributed by atoms with Crippen molar-refractivity contribution < 1.29 is 9.53 Å². The molecule has 1 amide bonds. The molecular formula is C18H16N6O2S. The molecule has 27 heavy (non-hydrogen) atoms. The summed E-state index contributed by atoms with van der Waals surface area (Å²) >= 11 is 1.16. The van der Waals surface area contributed by atoms with E-state index in [4.69, 9.17) is 15.8 Å². The van der Waals surface area contributed by atoms with E-state index in [0.29, 0.717) is 33.5 Å². The number of nitrogens with two attached hydrogens (primary N) is 1. The van der Waals surface area contributed by atoms with Crippen molar-refractivity contribution >= 4 is 23.4 Å². The predicted molar refractivity (Wildman–Crippen MR) is 103 cm³/mol. The van der Waals surface area contributed by atoms with Crippen LogP contribution >= 0.6 is 11.8 Å². The predicted octanol–water partition coefficient (Wildman–Crippen LogP) is 2.27. The fraction of sp³-hybridized carbons (Fsp3) is 0.111. The van der Waals surface area contributed by atoms with E-state index >= 15 is 0 Å². The van der Waals surface area contributed by atoms with Crippen molar-refractivity contribution in [3.63, 3.8) is 0 Å². The lowest BCUT2D eigenvalue weighted by molar-refractivity contribution is -0.113. The lowest BCUT2D eigenvalue weighted by Gasteiger charge is -2.08. The molecule has 136 valence electrons. The fourth-order valence-electron chi connectivity index (χ4n) is 2.38. The van der Waals surface area contributed by atoms with Gasteiger partial charge in [0.15, 0.2) is 5.82 Å². The number of nitriles is 1. The number of para-hydroxylation sites is 1. The zero-order valence-corrected chi connectivity index (χ0v) is 15.2. The Kier molecular flexibility index (Phi) is 5.58. The van der Waals surface area contributed by atoms with Crippen LogP contribution in [-0.2, 0) is 4.79 Å². The van der Waals surface area contributed by atoms with Crippen LogP contribution in [0.2, 0.25) is 0 Å². The van der Waals surface area contributed by atoms with Crippen molar-refractivity contribution in [1.29, 1.82) is 5.26 Å². The number of carbonyl (C=O) groups is 1. The summed E-state index contributed by atoms with van der Waals surface area (Å²) in [5, 5.41) is 20.2. The van der Waals surface area contributed by atoms with Gasteiger partial charge in [0, 0.05) is 5.69 Å². The van der Waals surface area contributed by atoms with Crippen LogP contribution in [0.4, 0.5) is 5.69 Å². The van der Waals surface area contributed by atoms with E-state index in [0.717, 1.165) is 11.8 Å². The Morgan fingerprint density at radius 3 is 2.89 bits per heavy atom. The molecule has 3 rings (SSSR count). The summed E-state index contributed by atoms with van der Waals surface area (Å²) in [6.07, 6.45) is 0. The van der Waals surface area contributed by atoms with Crippen LogP contribution in [0.25, 0.3) is 11.4 Å². The largest absolute Gasteiger partial charge is 0.496 e. The normalized spacial score (nSPS) is 10.2. The van der Waals surface area contributed by atoms with E-state index in [1.165, 1.54) is 4.68 Å². The van der Waals surface area contributed by atoms with Crippen molar-refractivity contribution in [2.75, 3.05) is 24.0 Å². The van der Waals surface area contributed by atoms with Crippen molar-refractivity contribution in [2.45, 2.75) is 5.16 Å². The summed E-state index contributed by atoms with van der Waals surface area (Å²) in [4.78, 5) is 12.1. The smallest absolute Gasteiger partial charge is 0.234 e. The molecule has 2 aromatic carbocycles. The minimum absolute atomic E-state index is 0.0953. The molecule has 0 spiro atoms. The van der Waals surface area contributed by atoms with Crippen LogP contribution in [0.15, 0.2) is 53.7 Å². The first-order chi connectivity index (χ1) is 13.1. The highest BCUT2D eigenvalue weighted by Crippen LogP contribution is 2.29. The number of nitrogen functional groups attached to an aromatic ring is 1. The third kappa shape index (κ3) is 4.19. The van der Waals surface area contributed by atoms with Crippen molar-refractivity contribution in [3.8, 4) is 23.2 Å². The molecule has 0 radical (unpaired) electrons. The molecule has 1 aromatic heterocycles. The maximum Gasteiger partial charge on any atom is 0.234 e. The number of aromatic nitrogens is 3. The third-order valence-corrected chi connectivity index (χ3v) is 4.56. The van der Waals surface area contributed by atoms with Crippen molar-refractivity contribution in [1.82, 2.24) is 14.9 Å². The number of hydrogen-bond donors (Lipinski definition) is 2. The zero-order valence-electron chi connectivity index (χ0n) is 14.4. The number of benzene rings is 2. The van der Waals surface area contributed by atoms with Crippen LogP contribution in [0.1, 0.15) is 5.56 Å². The zero-order chi connectivity index (χ0) is 19.2. The number of rotatable bonds is 6. The first-order valence-corrected chi connectivity index (χ1v) is 8.87. The number of amides is 1. The number of carbonyl (C=O) groups excluding carboxylic acids is 1. The minimum Gasteiger partial charge on any atom is -0.496 e. The van der Waals surface area contributed by atoms with E-state index in [1.54, 1.807) is 37.4 Å². The van der Waals surface area contributed by atoms with E-state index in [2.05, 4.69) is 15.5 Å². The SMILES string of the molecule is COc1ccccc1-c1nnc(SCC(=O)Nc2cccc(C#N)c2)n1N. The second-order valence-electron chi connectivity index (χ2n) is 5.41. The van der Waals surface area contributed by atoms with Gasteiger partial charge >= 0.3 is 0 Å². The highest BCUT2D eigenvalue weighted by atomic mass is 32.2. The van der Waals surface area contributed by atoms with Gasteiger partial charge in [0.1, 0.15) is 5.75 Å². The molecule has 0 atom stereocenters. The minimum atomic E-state index is -0.239. The molecule has 0 bridgehead atoms. The third-order valence-electron chi connectivity index (χ3n) is 3.62. The summed E-state index contributed by atoms with van der Waals surface area (Å²) in [6.45, 7) is 0. The first-order valence-electron chi connectivity index (χ1n) is 7.89. The summed E-state index contributed by atoms with van der Waals surface area (Å²) in [7, 11) is 1.57. The lowest BCUT2D eigenvalue weighted by atomic mass is 10.2. The monoisotopic (exact) mass is 380 g/mol. The van der Waals surface area contributed by atoms with Crippen molar-refractivity contribution in [3.05, 3.63) is 54.1 Å². The number of methoxy groups -OCH3 is 1. The quantitative estimate of drug-likeness (QED) is 0.497. The summed E-state index contributed by atoms with van der Waals surface area (Å²) < 4.78 is 6.64. The average molecular weight is 380 g/mol. The second-order valence-corrected chi connectivity index (χ2v) is 6.35. The van der Waals surface area contributed by atoms with Gasteiger partial charge in [-0.25, -0.2) is 4.68 Å². The van der Waals surface area contributed by atoms with Crippen LogP contribution in [0.5, 0.6) is 5.75 Å². The molecule has 9 heteroatoms. The van der Waals surface area contributed by atoms with Gasteiger partial charge in [0.05, 0.1) is 30.1 Å². The van der Waals surface area contributed by atoms with E-state index < -0.39 is 0 Å². The fourth-order valence-corrected chi connectivity index (χ4v) is 3.04. The van der Waals surface area contributed by atoms with Gasteiger partial charge in [-0.1, -0.05) is 30.0 Å². The van der Waals surface area contributed by atoms with Gasteiger partial charge in [0.2, 0.25) is 11.1 Å². The van der Waals surface area contributed by atoms with E-state index in [1.807, 2.05) is 24.3 Å². The van der Waals surface area contributed by atoms with Crippen LogP contribution in [0.3, 0.4) is 0 Å². The molecule has 3 aromatic rings. The van der Waals surface area contributed by atoms with Crippen LogP contribution < -0.4 is 15.9 Å². The van der Waals surface area contributed by atoms with Gasteiger partial charge in [-0.15, -0.1) is 10.2 Å². The van der Waals surface area contributed by atoms with Gasteiger partial charge < -0.3 is 15.9 Å². The number of ether oxygens (including phenoxy) is 1. The standard InChI is InChI=1S/C18H16N6O2S/c1-26-15-8-3-2-7-14(15)17-22-23-18(24(17)20)27-11-16(25)21-13-6-4-5-12(9-13)10-19/h2-9H,11,20H2,1H3,(H,21,25). The highest BCUT2D eigenvalue weighted by Gasteiger charge is 2.16. The summed E-state index contributed by atoms with van der Waals surface area (Å²) in [6, 6.07) is 16.1. The Hall–Kier alpha value is -3.51. The van der Waals surface area contributed by atoms with Gasteiger partial charge in [-0.05, 0) is 30.3 Å². The van der Waals surface area contributed by atoms with Crippen LogP contribution in [0, 0.1) is 11.3 Å². The number of nitrogens with zero attached hydrogens (tertiary/aromatic N) is 4. The Labute approximate surface area is 159 Å². The van der Waals surface area contributed by atoms with Crippen molar-refractivity contribution in [2.24, 2.45) is 0 Å². The van der Waals surface area contributed by atoms with Gasteiger partial charge in [-0.3, -0.25) is 4.79 Å². The topological polar surface area (TPSA) is 119 Å². The molecule has 0 saturated heterocycles. The van der Waals surface area contributed by atoms with Gasteiger partial charge in [0.25, 0.3) is 0 Å². The molecule has 0 saturated carbocycles. The van der Waals surface area contributed by atoms with E-state index in [9.17, 15) is 4.79 Å². The molecular weight excluding hydrogens is 364 g/mol. The molecule has 1 heterocycles. The molecule has 0 fully saturated rings. The maximum atomic E-state index is 12.1. The molecule has 0 aliphatic rings. The Bertz CT molecular complexity index is 1010. The van der Waals surface area contributed by atoms with Crippen LogP contribution in [-0.4, -0.2) is 33.6 Å². The second kappa shape index (κ2) is 8.25. The molecule has 0 unspecified atom stereocenters. The highest BCUT2D eigenvalue weighted by molar-refractivity contribution is 7.99. The summed E-state index contributed by atoms with van der Waals surface area (Å²) in [5.41, 5.74) is 1.74. The number of thioether (sulfide) groups is 1. The summed E-state index contributed by atoms with van der Waals surface area (Å²) in [5.74, 6) is 7.01. The number of hydrogen-bond acceptors (Lipinski definition) is 7. The molecule has 0 aliphatic heterocycles. The number of anilines is 1. The maximum absolute atomic E-state index is 12.1. The Morgan fingerprint density at radius 1 is 1.30 bits per heavy atom. The molecule has 3 N–H and O–H groups in total. The lowest BCUT2D eigenvalue weighted by Crippen LogP contribution is -2.16. The Balaban J connectivity index is 1.67. The Morgan fingerprint density at radius 2 is 2.11 bits per heavy atom.